The van der Waals surface area contributed by atoms with Crippen molar-refractivity contribution < 1.29 is 19.2 Å². The number of carbonyl (C=O) groups is 1. The molecule has 2 aliphatic heterocycles. The minimum atomic E-state index is -0.512. The number of nitrogens with zero attached hydrogens (tertiary/aromatic N) is 2. The van der Waals surface area contributed by atoms with Gasteiger partial charge in [0.2, 0.25) is 0 Å². The Morgan fingerprint density at radius 3 is 2.32 bits per heavy atom. The van der Waals surface area contributed by atoms with E-state index in [1.165, 1.54) is 0 Å². The van der Waals surface area contributed by atoms with E-state index in [1.807, 2.05) is 72.8 Å². The molecular formula is C27H27N3O4. The summed E-state index contributed by atoms with van der Waals surface area (Å²) in [7, 11) is 0. The normalized spacial score (nSPS) is 17.0. The highest BCUT2D eigenvalue weighted by Gasteiger charge is 2.43. The molecule has 1 spiro atoms. The molecule has 0 aromatic heterocycles. The molecule has 34 heavy (non-hydrogen) atoms. The lowest BCUT2D eigenvalue weighted by Crippen LogP contribution is -2.45. The van der Waals surface area contributed by atoms with Crippen LogP contribution in [0, 0.1) is 0 Å². The lowest BCUT2D eigenvalue weighted by molar-refractivity contribution is -0.154. The molecule has 174 valence electrons. The minimum absolute atomic E-state index is 0.308. The highest BCUT2D eigenvalue weighted by Crippen LogP contribution is 2.36. The van der Waals surface area contributed by atoms with Crippen molar-refractivity contribution in [1.29, 1.82) is 0 Å². The van der Waals surface area contributed by atoms with Crippen molar-refractivity contribution in [3.05, 3.63) is 96.1 Å². The molecule has 1 saturated heterocycles. The zero-order valence-corrected chi connectivity index (χ0v) is 18.9. The Hall–Kier alpha value is -3.84. The molecule has 3 aromatic carbocycles. The van der Waals surface area contributed by atoms with E-state index in [2.05, 4.69) is 10.5 Å². The molecule has 2 aliphatic rings. The minimum Gasteiger partial charge on any atom is -0.489 e. The Kier molecular flexibility index (Phi) is 6.44. The predicted molar refractivity (Wildman–Crippen MR) is 130 cm³/mol. The number of nitrogens with one attached hydrogen (secondary N) is 1. The number of hydroxylamine groups is 2. The second-order valence-corrected chi connectivity index (χ2v) is 8.59. The van der Waals surface area contributed by atoms with Crippen LogP contribution in [-0.2, 0) is 16.3 Å². The van der Waals surface area contributed by atoms with Gasteiger partial charge in [-0.3, -0.25) is 5.32 Å². The molecule has 2 heterocycles. The quantitative estimate of drug-likeness (QED) is 0.537. The van der Waals surface area contributed by atoms with E-state index in [0.717, 1.165) is 41.9 Å². The van der Waals surface area contributed by atoms with Gasteiger partial charge in [-0.25, -0.2) is 4.79 Å². The standard InChI is InChI=1S/C27H27N3O4/c31-26(28-23-11-13-24(14-12-23)32-20-21-7-3-1-4-8-21)33-30-17-15-27(16-18-30)19-25(29-34-27)22-9-5-2-6-10-22/h1-14H,15-20H2,(H,28,31). The number of hydrogen-bond acceptors (Lipinski definition) is 6. The molecular weight excluding hydrogens is 430 g/mol. The maximum Gasteiger partial charge on any atom is 0.430 e. The first-order valence-electron chi connectivity index (χ1n) is 11.5. The summed E-state index contributed by atoms with van der Waals surface area (Å²) in [5, 5.41) is 8.78. The Balaban J connectivity index is 1.06. The van der Waals surface area contributed by atoms with Crippen LogP contribution in [0.5, 0.6) is 5.75 Å². The van der Waals surface area contributed by atoms with Gasteiger partial charge in [0.25, 0.3) is 0 Å². The summed E-state index contributed by atoms with van der Waals surface area (Å²) < 4.78 is 5.78. The molecule has 1 N–H and O–H groups in total. The van der Waals surface area contributed by atoms with Crippen molar-refractivity contribution >= 4 is 17.5 Å². The molecule has 0 saturated carbocycles. The van der Waals surface area contributed by atoms with Crippen molar-refractivity contribution in [3.8, 4) is 5.75 Å². The molecule has 0 bridgehead atoms. The van der Waals surface area contributed by atoms with Gasteiger partial charge in [-0.1, -0.05) is 65.8 Å². The van der Waals surface area contributed by atoms with E-state index in [0.29, 0.717) is 25.4 Å². The van der Waals surface area contributed by atoms with Crippen LogP contribution in [0.2, 0.25) is 0 Å². The monoisotopic (exact) mass is 457 g/mol. The number of hydrogen-bond donors (Lipinski definition) is 1. The van der Waals surface area contributed by atoms with Crippen LogP contribution >= 0.6 is 0 Å². The summed E-state index contributed by atoms with van der Waals surface area (Å²) >= 11 is 0. The van der Waals surface area contributed by atoms with E-state index < -0.39 is 6.09 Å². The zero-order valence-electron chi connectivity index (χ0n) is 18.9. The Morgan fingerprint density at radius 1 is 0.941 bits per heavy atom. The summed E-state index contributed by atoms with van der Waals surface area (Å²) in [5.41, 5.74) is 3.50. The average molecular weight is 458 g/mol. The van der Waals surface area contributed by atoms with Gasteiger partial charge in [0.1, 0.15) is 18.0 Å². The van der Waals surface area contributed by atoms with Gasteiger partial charge in [0, 0.05) is 38.0 Å². The van der Waals surface area contributed by atoms with Crippen LogP contribution in [0.1, 0.15) is 30.4 Å². The molecule has 1 fully saturated rings. The Bertz CT molecular complexity index is 1130. The summed E-state index contributed by atoms with van der Waals surface area (Å²) in [5.74, 6) is 0.734. The van der Waals surface area contributed by atoms with Gasteiger partial charge in [-0.15, -0.1) is 5.06 Å². The van der Waals surface area contributed by atoms with Gasteiger partial charge in [-0.2, -0.15) is 0 Å². The molecule has 0 atom stereocenters. The molecule has 7 heteroatoms. The number of benzene rings is 3. The number of anilines is 1. The first-order chi connectivity index (χ1) is 16.7. The van der Waals surface area contributed by atoms with Gasteiger partial charge in [0.15, 0.2) is 0 Å². The predicted octanol–water partition coefficient (Wildman–Crippen LogP) is 5.39. The maximum absolute atomic E-state index is 12.4. The van der Waals surface area contributed by atoms with Crippen LogP contribution in [0.25, 0.3) is 0 Å². The van der Waals surface area contributed by atoms with E-state index in [4.69, 9.17) is 14.4 Å². The largest absolute Gasteiger partial charge is 0.489 e. The van der Waals surface area contributed by atoms with Crippen molar-refractivity contribution in [1.82, 2.24) is 5.06 Å². The molecule has 0 unspecified atom stereocenters. The second-order valence-electron chi connectivity index (χ2n) is 8.59. The van der Waals surface area contributed by atoms with Crippen LogP contribution in [0.3, 0.4) is 0 Å². The second kappa shape index (κ2) is 9.97. The van der Waals surface area contributed by atoms with Crippen LogP contribution in [0.15, 0.2) is 90.1 Å². The highest BCUT2D eigenvalue weighted by molar-refractivity contribution is 6.01. The van der Waals surface area contributed by atoms with Crippen molar-refractivity contribution in [2.24, 2.45) is 5.16 Å². The lowest BCUT2D eigenvalue weighted by atomic mass is 9.86. The van der Waals surface area contributed by atoms with Gasteiger partial charge in [-0.05, 0) is 35.4 Å². The fourth-order valence-electron chi connectivity index (χ4n) is 4.19. The van der Waals surface area contributed by atoms with Gasteiger partial charge in [0.05, 0.1) is 5.71 Å². The number of piperidine rings is 1. The number of rotatable bonds is 6. The molecule has 7 nitrogen and oxygen atoms in total. The topological polar surface area (TPSA) is 72.4 Å². The first-order valence-corrected chi connectivity index (χ1v) is 11.5. The third-order valence-corrected chi connectivity index (χ3v) is 6.14. The van der Waals surface area contributed by atoms with E-state index >= 15 is 0 Å². The summed E-state index contributed by atoms with van der Waals surface area (Å²) in [6.07, 6.45) is 1.75. The van der Waals surface area contributed by atoms with Crippen LogP contribution in [-0.4, -0.2) is 35.6 Å². The van der Waals surface area contributed by atoms with E-state index in [1.54, 1.807) is 17.2 Å². The summed E-state index contributed by atoms with van der Waals surface area (Å²) in [6.45, 7) is 1.68. The maximum atomic E-state index is 12.4. The van der Waals surface area contributed by atoms with Crippen molar-refractivity contribution in [2.75, 3.05) is 18.4 Å². The third-order valence-electron chi connectivity index (χ3n) is 6.14. The van der Waals surface area contributed by atoms with Crippen molar-refractivity contribution in [3.63, 3.8) is 0 Å². The molecule has 0 radical (unpaired) electrons. The average Bonchev–Trinajstić information content (AvgIpc) is 3.30. The number of ether oxygens (including phenoxy) is 1. The number of oxime groups is 1. The van der Waals surface area contributed by atoms with E-state index in [-0.39, 0.29) is 5.60 Å². The molecule has 0 aliphatic carbocycles. The fourth-order valence-corrected chi connectivity index (χ4v) is 4.19. The lowest BCUT2D eigenvalue weighted by Gasteiger charge is -2.35. The smallest absolute Gasteiger partial charge is 0.430 e. The third kappa shape index (κ3) is 5.38. The summed E-state index contributed by atoms with van der Waals surface area (Å²) in [6, 6.07) is 27.3. The highest BCUT2D eigenvalue weighted by atomic mass is 16.7. The molecule has 1 amide bonds. The van der Waals surface area contributed by atoms with Crippen molar-refractivity contribution in [2.45, 2.75) is 31.5 Å². The SMILES string of the molecule is O=C(Nc1ccc(OCc2ccccc2)cc1)ON1CCC2(CC1)CC(c1ccccc1)=NO2. The Labute approximate surface area is 198 Å². The Morgan fingerprint density at radius 2 is 1.62 bits per heavy atom. The van der Waals surface area contributed by atoms with E-state index in [9.17, 15) is 4.79 Å². The zero-order chi connectivity index (χ0) is 23.2. The number of carbonyl (C=O) groups excluding carboxylic acids is 1. The summed E-state index contributed by atoms with van der Waals surface area (Å²) in [4.78, 5) is 23.7. The van der Waals surface area contributed by atoms with Gasteiger partial charge < -0.3 is 14.4 Å². The van der Waals surface area contributed by atoms with Crippen LogP contribution < -0.4 is 10.1 Å². The molecule has 3 aromatic rings. The first kappa shape index (κ1) is 22.0. The fraction of sp³-hybridized carbons (Fsp3) is 0.259. The van der Waals surface area contributed by atoms with Gasteiger partial charge >= 0.3 is 6.09 Å². The number of amides is 1. The molecule has 5 rings (SSSR count). The van der Waals surface area contributed by atoms with Crippen LogP contribution in [0.4, 0.5) is 10.5 Å².